The van der Waals surface area contributed by atoms with Gasteiger partial charge >= 0.3 is 21.1 Å². The number of hydrogen-bond donors (Lipinski definition) is 0. The fourth-order valence-electron chi connectivity index (χ4n) is 0.874. The number of hydrogen-bond acceptors (Lipinski definition) is 0. The quantitative estimate of drug-likeness (QED) is 0.417. The van der Waals surface area contributed by atoms with E-state index < -0.39 is 0 Å². The molecule has 1 rings (SSSR count). The molecule has 1 aliphatic carbocycles. The Morgan fingerprint density at radius 3 is 1.45 bits per heavy atom. The van der Waals surface area contributed by atoms with Gasteiger partial charge in [0.25, 0.3) is 0 Å². The zero-order valence-corrected chi connectivity index (χ0v) is 9.99. The summed E-state index contributed by atoms with van der Waals surface area (Å²) in [6, 6.07) is 0. The van der Waals surface area contributed by atoms with E-state index >= 15 is 0 Å². The second-order valence-electron chi connectivity index (χ2n) is 2.14. The fourth-order valence-corrected chi connectivity index (χ4v) is 0.874. The second-order valence-corrected chi connectivity index (χ2v) is 2.14. The maximum absolute atomic E-state index is 2.23. The minimum absolute atomic E-state index is 0. The molecule has 3 heteroatoms. The minimum Gasteiger partial charge on any atom is -1.00 e. The molecule has 0 fully saturated rings. The summed E-state index contributed by atoms with van der Waals surface area (Å²) in [5.41, 5.74) is 0. The van der Waals surface area contributed by atoms with Crippen LogP contribution in [0.2, 0.25) is 0 Å². The average Bonchev–Trinajstić information content (AvgIpc) is 1.62. The van der Waals surface area contributed by atoms with Crippen molar-refractivity contribution in [2.24, 2.45) is 0 Å². The van der Waals surface area contributed by atoms with Crippen molar-refractivity contribution in [2.75, 3.05) is 0 Å². The summed E-state index contributed by atoms with van der Waals surface area (Å²) in [5, 5.41) is 0. The molecule has 0 aliphatic heterocycles. The van der Waals surface area contributed by atoms with Gasteiger partial charge in [-0.05, 0) is 25.7 Å². The van der Waals surface area contributed by atoms with Gasteiger partial charge in [0.1, 0.15) is 0 Å². The van der Waals surface area contributed by atoms with E-state index in [1.54, 1.807) is 0 Å². The monoisotopic (exact) mass is 373 g/mol. The van der Waals surface area contributed by atoms with Gasteiger partial charge in [0.2, 0.25) is 0 Å². The van der Waals surface area contributed by atoms with Crippen LogP contribution in [0.1, 0.15) is 25.7 Å². The summed E-state index contributed by atoms with van der Waals surface area (Å²) in [6.07, 6.45) is 14.0. The van der Waals surface area contributed by atoms with Crippen LogP contribution >= 0.6 is 0 Å². The molecule has 0 N–H and O–H groups in total. The van der Waals surface area contributed by atoms with E-state index in [1.165, 1.54) is 25.7 Å². The van der Waals surface area contributed by atoms with Crippen molar-refractivity contribution in [3.05, 3.63) is 24.3 Å². The first-order chi connectivity index (χ1) is 4.00. The Morgan fingerprint density at radius 1 is 0.727 bits per heavy atom. The molecule has 0 heterocycles. The van der Waals surface area contributed by atoms with Crippen molar-refractivity contribution in [3.63, 3.8) is 0 Å². The van der Waals surface area contributed by atoms with E-state index in [2.05, 4.69) is 24.3 Å². The molecule has 0 saturated heterocycles. The van der Waals surface area contributed by atoms with Gasteiger partial charge in [0.05, 0.1) is 0 Å². The van der Waals surface area contributed by atoms with Crippen molar-refractivity contribution >= 4 is 0 Å². The first-order valence-electron chi connectivity index (χ1n) is 3.32. The van der Waals surface area contributed by atoms with Crippen LogP contribution in [0, 0.1) is 0 Å². The molecule has 0 nitrogen and oxygen atoms in total. The molecular weight excluding hydrogens is 362 g/mol. The van der Waals surface area contributed by atoms with Gasteiger partial charge in [-0.15, -0.1) is 0 Å². The Morgan fingerprint density at radius 2 is 1.09 bits per heavy atom. The van der Waals surface area contributed by atoms with E-state index in [0.717, 1.165) is 0 Å². The summed E-state index contributed by atoms with van der Waals surface area (Å²) >= 11 is 0. The predicted octanol–water partition coefficient (Wildman–Crippen LogP) is -3.32. The second kappa shape index (κ2) is 13.3. The van der Waals surface area contributed by atoms with Crippen molar-refractivity contribution in [1.82, 2.24) is 0 Å². The van der Waals surface area contributed by atoms with Gasteiger partial charge in [-0.2, -0.15) is 0 Å². The van der Waals surface area contributed by atoms with Gasteiger partial charge in [0, 0.05) is 0 Å². The van der Waals surface area contributed by atoms with Gasteiger partial charge in [0.15, 0.2) is 0 Å². The van der Waals surface area contributed by atoms with Gasteiger partial charge < -0.3 is 24.8 Å². The maximum Gasteiger partial charge on any atom is 2.00 e. The third-order valence-corrected chi connectivity index (χ3v) is 1.37. The zero-order valence-electron chi connectivity index (χ0n) is 6.21. The Bertz CT molecular complexity index is 96.7. The van der Waals surface area contributed by atoms with E-state index in [-0.39, 0.29) is 45.9 Å². The van der Waals surface area contributed by atoms with Crippen LogP contribution in [0.5, 0.6) is 0 Å². The topological polar surface area (TPSA) is 0 Å². The average molecular weight is 374 g/mol. The number of allylic oxidation sites excluding steroid dienone is 4. The van der Waals surface area contributed by atoms with Crippen molar-refractivity contribution in [2.45, 2.75) is 25.7 Å². The Hall–Kier alpha value is 0.748. The Balaban J connectivity index is -0.000000213. The van der Waals surface area contributed by atoms with E-state index in [1.807, 2.05) is 0 Å². The third-order valence-electron chi connectivity index (χ3n) is 1.37. The first kappa shape index (κ1) is 17.7. The maximum atomic E-state index is 2.23. The number of halogens is 2. The Labute approximate surface area is 95.6 Å². The molecule has 68 valence electrons. The van der Waals surface area contributed by atoms with Crippen LogP contribution in [-0.2, 0) is 21.1 Å². The molecular formula is C8H12Cl2Pt. The summed E-state index contributed by atoms with van der Waals surface area (Å²) in [5.74, 6) is 0. The van der Waals surface area contributed by atoms with E-state index in [0.29, 0.717) is 0 Å². The van der Waals surface area contributed by atoms with Crippen molar-refractivity contribution in [3.8, 4) is 0 Å². The van der Waals surface area contributed by atoms with Crippen LogP contribution in [0.15, 0.2) is 24.3 Å². The molecule has 0 aromatic heterocycles. The fraction of sp³-hybridized carbons (Fsp3) is 0.500. The molecule has 0 amide bonds. The third kappa shape index (κ3) is 10.7. The van der Waals surface area contributed by atoms with Crippen LogP contribution < -0.4 is 24.8 Å². The predicted molar refractivity (Wildman–Crippen MR) is 36.7 cm³/mol. The van der Waals surface area contributed by atoms with Crippen LogP contribution in [0.25, 0.3) is 0 Å². The summed E-state index contributed by atoms with van der Waals surface area (Å²) < 4.78 is 0. The van der Waals surface area contributed by atoms with Gasteiger partial charge in [-0.3, -0.25) is 0 Å². The van der Waals surface area contributed by atoms with Gasteiger partial charge in [-0.1, -0.05) is 24.3 Å². The molecule has 11 heavy (non-hydrogen) atoms. The molecule has 0 atom stereocenters. The summed E-state index contributed by atoms with van der Waals surface area (Å²) in [4.78, 5) is 0. The first-order valence-corrected chi connectivity index (χ1v) is 3.32. The minimum atomic E-state index is 0. The molecule has 0 aromatic carbocycles. The van der Waals surface area contributed by atoms with E-state index in [4.69, 9.17) is 0 Å². The SMILES string of the molecule is C1=C\CCCC\C=C/1.[Cl-].[Cl-].[Pt+2]. The van der Waals surface area contributed by atoms with Crippen LogP contribution in [0.3, 0.4) is 0 Å². The molecule has 1 aliphatic rings. The number of rotatable bonds is 0. The summed E-state index contributed by atoms with van der Waals surface area (Å²) in [7, 11) is 0. The van der Waals surface area contributed by atoms with Crippen LogP contribution in [-0.4, -0.2) is 0 Å². The molecule has 0 spiro atoms. The van der Waals surface area contributed by atoms with Crippen LogP contribution in [0.4, 0.5) is 0 Å². The van der Waals surface area contributed by atoms with Gasteiger partial charge in [-0.25, -0.2) is 0 Å². The standard InChI is InChI=1S/C8H12.2ClH.Pt/c1-2-4-6-8-7-5-3-1;;;/h1-4H,5-8H2;2*1H;/q;;;+2/p-2/b3-1-,4-2-;;;. The molecule has 0 radical (unpaired) electrons. The molecule has 0 saturated carbocycles. The zero-order chi connectivity index (χ0) is 5.66. The molecule has 0 bridgehead atoms. The largest absolute Gasteiger partial charge is 2.00 e. The van der Waals surface area contributed by atoms with E-state index in [9.17, 15) is 0 Å². The molecule has 0 unspecified atom stereocenters. The summed E-state index contributed by atoms with van der Waals surface area (Å²) in [6.45, 7) is 0. The Kier molecular flexibility index (Phi) is 21.5. The molecule has 0 aromatic rings. The van der Waals surface area contributed by atoms with Crippen molar-refractivity contribution in [1.29, 1.82) is 0 Å². The van der Waals surface area contributed by atoms with Crippen molar-refractivity contribution < 1.29 is 45.9 Å². The normalized spacial score (nSPS) is 20.4. The smallest absolute Gasteiger partial charge is 1.00 e.